The summed E-state index contributed by atoms with van der Waals surface area (Å²) >= 11 is 5.87. The van der Waals surface area contributed by atoms with E-state index in [-0.39, 0.29) is 12.1 Å². The first-order valence-electron chi connectivity index (χ1n) is 6.04. The van der Waals surface area contributed by atoms with Crippen molar-refractivity contribution in [3.05, 3.63) is 29.3 Å². The van der Waals surface area contributed by atoms with Gasteiger partial charge in [-0.1, -0.05) is 11.6 Å². The lowest BCUT2D eigenvalue weighted by atomic mass is 10.1. The van der Waals surface area contributed by atoms with E-state index in [1.165, 1.54) is 7.11 Å². The van der Waals surface area contributed by atoms with Crippen LogP contribution in [0.4, 0.5) is 10.5 Å². The normalized spacial score (nSPS) is 19.4. The quantitative estimate of drug-likeness (QED) is 0.897. The summed E-state index contributed by atoms with van der Waals surface area (Å²) in [7, 11) is 1.38. The van der Waals surface area contributed by atoms with Crippen LogP contribution in [0.25, 0.3) is 0 Å². The van der Waals surface area contributed by atoms with Crippen molar-refractivity contribution in [2.45, 2.75) is 18.9 Å². The molecule has 1 atom stereocenters. The van der Waals surface area contributed by atoms with Gasteiger partial charge in [0.2, 0.25) is 0 Å². The molecule has 0 spiro atoms. The molecular weight excluding hydrogens is 252 g/mol. The highest BCUT2D eigenvalue weighted by atomic mass is 35.5. The van der Waals surface area contributed by atoms with E-state index in [4.69, 9.17) is 11.6 Å². The molecule has 0 saturated carbocycles. The molecule has 0 aliphatic carbocycles. The molecule has 5 heteroatoms. The molecule has 0 bridgehead atoms. The zero-order valence-electron chi connectivity index (χ0n) is 10.4. The predicted octanol–water partition coefficient (Wildman–Crippen LogP) is 2.66. The van der Waals surface area contributed by atoms with Crippen molar-refractivity contribution in [3.63, 3.8) is 0 Å². The first-order valence-corrected chi connectivity index (χ1v) is 6.42. The lowest BCUT2D eigenvalue weighted by Crippen LogP contribution is -2.47. The first kappa shape index (κ1) is 13.0. The average molecular weight is 269 g/mol. The summed E-state index contributed by atoms with van der Waals surface area (Å²) < 4.78 is 4.62. The van der Waals surface area contributed by atoms with Gasteiger partial charge in [-0.15, -0.1) is 0 Å². The number of halogens is 1. The van der Waals surface area contributed by atoms with Crippen molar-refractivity contribution in [2.75, 3.05) is 25.1 Å². The molecule has 4 nitrogen and oxygen atoms in total. The van der Waals surface area contributed by atoms with Crippen LogP contribution >= 0.6 is 11.6 Å². The molecule has 1 amide bonds. The highest BCUT2D eigenvalue weighted by Crippen LogP contribution is 2.21. The van der Waals surface area contributed by atoms with Gasteiger partial charge in [-0.25, -0.2) is 4.79 Å². The molecule has 1 fully saturated rings. The van der Waals surface area contributed by atoms with Crippen LogP contribution in [0.15, 0.2) is 24.3 Å². The van der Waals surface area contributed by atoms with Crippen LogP contribution in [0.3, 0.4) is 0 Å². The Balaban J connectivity index is 1.98. The maximum atomic E-state index is 11.2. The van der Waals surface area contributed by atoms with E-state index in [1.54, 1.807) is 0 Å². The van der Waals surface area contributed by atoms with Crippen LogP contribution in [0.5, 0.6) is 0 Å². The van der Waals surface area contributed by atoms with Gasteiger partial charge in [-0.3, -0.25) is 0 Å². The van der Waals surface area contributed by atoms with E-state index in [2.05, 4.69) is 15.0 Å². The summed E-state index contributed by atoms with van der Waals surface area (Å²) in [4.78, 5) is 13.4. The molecule has 2 rings (SSSR count). The largest absolute Gasteiger partial charge is 0.453 e. The lowest BCUT2D eigenvalue weighted by Gasteiger charge is -2.34. The smallest absolute Gasteiger partial charge is 0.407 e. The molecule has 1 aromatic rings. The van der Waals surface area contributed by atoms with E-state index in [9.17, 15) is 4.79 Å². The molecule has 1 aliphatic rings. The molecule has 1 heterocycles. The number of amides is 1. The lowest BCUT2D eigenvalue weighted by molar-refractivity contribution is 0.165. The number of carbonyl (C=O) groups is 1. The molecule has 98 valence electrons. The average Bonchev–Trinajstić information content (AvgIpc) is 2.40. The maximum Gasteiger partial charge on any atom is 0.407 e. The summed E-state index contributed by atoms with van der Waals surface area (Å²) in [5, 5.41) is 3.59. The fourth-order valence-electron chi connectivity index (χ4n) is 2.21. The number of benzene rings is 1. The summed E-state index contributed by atoms with van der Waals surface area (Å²) in [5.74, 6) is 0. The molecule has 1 aromatic carbocycles. The van der Waals surface area contributed by atoms with Gasteiger partial charge in [-0.05, 0) is 37.1 Å². The second-order valence-electron chi connectivity index (χ2n) is 4.40. The van der Waals surface area contributed by atoms with E-state index in [1.807, 2.05) is 24.3 Å². The minimum atomic E-state index is -0.363. The SMILES string of the molecule is COC(=O)NC1CCCN(c2ccc(Cl)cc2)C1. The van der Waals surface area contributed by atoms with Crippen LogP contribution in [0.2, 0.25) is 5.02 Å². The molecule has 18 heavy (non-hydrogen) atoms. The molecule has 1 unspecified atom stereocenters. The Morgan fingerprint density at radius 1 is 1.44 bits per heavy atom. The third-order valence-electron chi connectivity index (χ3n) is 3.12. The minimum absolute atomic E-state index is 0.141. The molecule has 1 saturated heterocycles. The number of rotatable bonds is 2. The number of hydrogen-bond acceptors (Lipinski definition) is 3. The summed E-state index contributed by atoms with van der Waals surface area (Å²) in [6.45, 7) is 1.80. The minimum Gasteiger partial charge on any atom is -0.453 e. The Morgan fingerprint density at radius 2 is 2.17 bits per heavy atom. The number of nitrogens with one attached hydrogen (secondary N) is 1. The second-order valence-corrected chi connectivity index (χ2v) is 4.83. The molecular formula is C13H17ClN2O2. The van der Waals surface area contributed by atoms with Crippen LogP contribution in [0, 0.1) is 0 Å². The van der Waals surface area contributed by atoms with Crippen LogP contribution in [0.1, 0.15) is 12.8 Å². The van der Waals surface area contributed by atoms with Gasteiger partial charge >= 0.3 is 6.09 Å². The van der Waals surface area contributed by atoms with E-state index in [0.29, 0.717) is 0 Å². The highest BCUT2D eigenvalue weighted by molar-refractivity contribution is 6.30. The Labute approximate surface area is 112 Å². The second kappa shape index (κ2) is 5.96. The Bertz CT molecular complexity index is 408. The first-order chi connectivity index (χ1) is 8.69. The van der Waals surface area contributed by atoms with Gasteiger partial charge in [0.05, 0.1) is 7.11 Å². The standard InChI is InChI=1S/C13H17ClN2O2/c1-18-13(17)15-11-3-2-8-16(9-11)12-6-4-10(14)5-7-12/h4-7,11H,2-3,8-9H2,1H3,(H,15,17). The molecule has 1 N–H and O–H groups in total. The van der Waals surface area contributed by atoms with E-state index < -0.39 is 0 Å². The van der Waals surface area contributed by atoms with Crippen LogP contribution in [-0.4, -0.2) is 32.3 Å². The van der Waals surface area contributed by atoms with Crippen molar-refractivity contribution in [2.24, 2.45) is 0 Å². The summed E-state index contributed by atoms with van der Waals surface area (Å²) in [5.41, 5.74) is 1.13. The summed E-state index contributed by atoms with van der Waals surface area (Å²) in [6, 6.07) is 7.91. The maximum absolute atomic E-state index is 11.2. The molecule has 0 aromatic heterocycles. The number of alkyl carbamates (subject to hydrolysis) is 1. The number of methoxy groups -OCH3 is 1. The van der Waals surface area contributed by atoms with E-state index in [0.717, 1.165) is 36.6 Å². The van der Waals surface area contributed by atoms with Gasteiger partial charge in [0, 0.05) is 29.8 Å². The number of carbonyl (C=O) groups excluding carboxylic acids is 1. The topological polar surface area (TPSA) is 41.6 Å². The van der Waals surface area contributed by atoms with Gasteiger partial charge in [-0.2, -0.15) is 0 Å². The Kier molecular flexibility index (Phi) is 4.31. The van der Waals surface area contributed by atoms with Crippen molar-refractivity contribution in [1.82, 2.24) is 5.32 Å². The molecule has 1 aliphatic heterocycles. The zero-order valence-corrected chi connectivity index (χ0v) is 11.1. The number of ether oxygens (including phenoxy) is 1. The highest BCUT2D eigenvalue weighted by Gasteiger charge is 2.21. The van der Waals surface area contributed by atoms with Gasteiger partial charge in [0.15, 0.2) is 0 Å². The number of piperidine rings is 1. The fraction of sp³-hybridized carbons (Fsp3) is 0.462. The fourth-order valence-corrected chi connectivity index (χ4v) is 2.33. The van der Waals surface area contributed by atoms with Crippen LogP contribution in [-0.2, 0) is 4.74 Å². The zero-order chi connectivity index (χ0) is 13.0. The number of nitrogens with zero attached hydrogens (tertiary/aromatic N) is 1. The Hall–Kier alpha value is -1.42. The van der Waals surface area contributed by atoms with Crippen molar-refractivity contribution in [3.8, 4) is 0 Å². The van der Waals surface area contributed by atoms with E-state index >= 15 is 0 Å². The van der Waals surface area contributed by atoms with Crippen molar-refractivity contribution < 1.29 is 9.53 Å². The molecule has 0 radical (unpaired) electrons. The predicted molar refractivity (Wildman–Crippen MR) is 72.2 cm³/mol. The monoisotopic (exact) mass is 268 g/mol. The third kappa shape index (κ3) is 3.29. The van der Waals surface area contributed by atoms with Gasteiger partial charge < -0.3 is 15.0 Å². The van der Waals surface area contributed by atoms with Crippen molar-refractivity contribution in [1.29, 1.82) is 0 Å². The Morgan fingerprint density at radius 3 is 2.83 bits per heavy atom. The van der Waals surface area contributed by atoms with Gasteiger partial charge in [0.1, 0.15) is 0 Å². The summed E-state index contributed by atoms with van der Waals surface area (Å²) in [6.07, 6.45) is 1.68. The number of anilines is 1. The van der Waals surface area contributed by atoms with Gasteiger partial charge in [0.25, 0.3) is 0 Å². The number of hydrogen-bond donors (Lipinski definition) is 1. The van der Waals surface area contributed by atoms with Crippen LogP contribution < -0.4 is 10.2 Å². The third-order valence-corrected chi connectivity index (χ3v) is 3.37. The van der Waals surface area contributed by atoms with Crippen molar-refractivity contribution >= 4 is 23.4 Å².